The van der Waals surface area contributed by atoms with Crippen molar-refractivity contribution >= 4 is 5.97 Å². The third-order valence-corrected chi connectivity index (χ3v) is 6.80. The van der Waals surface area contributed by atoms with Crippen LogP contribution in [0.2, 0.25) is 0 Å². The highest BCUT2D eigenvalue weighted by molar-refractivity contribution is 5.82. The zero-order valence-electron chi connectivity index (χ0n) is 11.4. The number of esters is 1. The Balaban J connectivity index is 1.87. The second-order valence-corrected chi connectivity index (χ2v) is 7.77. The Morgan fingerprint density at radius 3 is 2.67 bits per heavy atom. The van der Waals surface area contributed by atoms with Crippen LogP contribution >= 0.6 is 0 Å². The highest BCUT2D eigenvalue weighted by atomic mass is 16.7. The average Bonchev–Trinajstić information content (AvgIpc) is 2.43. The standard InChI is InChI=1S/C15H22O3/c1-8-10-11-9-7-15(8,17)18-12(16)14(9,10)6-4-5-13(11,2)3/h8-11,17H,4-7H2,1-3H3/t8-,9+,10-,11+,14?,15+/m1/s1. The molecule has 1 unspecified atom stereocenters. The van der Waals surface area contributed by atoms with E-state index in [0.717, 1.165) is 12.8 Å². The Kier molecular flexibility index (Phi) is 1.75. The summed E-state index contributed by atoms with van der Waals surface area (Å²) in [5.41, 5.74) is 0.0743. The predicted molar refractivity (Wildman–Crippen MR) is 65.4 cm³/mol. The molecule has 100 valence electrons. The SMILES string of the molecule is C[C@@H]1[C@@H]2[C@@H]3[C@@H]4C[C@]1(O)OC(=O)C24CCCC3(C)C. The van der Waals surface area contributed by atoms with Crippen molar-refractivity contribution in [2.75, 3.05) is 0 Å². The summed E-state index contributed by atoms with van der Waals surface area (Å²) in [5, 5.41) is 10.5. The molecule has 18 heavy (non-hydrogen) atoms. The molecule has 0 aromatic heterocycles. The fourth-order valence-corrected chi connectivity index (χ4v) is 6.03. The summed E-state index contributed by atoms with van der Waals surface area (Å²) in [6.07, 6.45) is 3.97. The van der Waals surface area contributed by atoms with E-state index in [1.54, 1.807) is 0 Å². The molecule has 1 spiro atoms. The molecule has 6 atom stereocenters. The van der Waals surface area contributed by atoms with E-state index in [0.29, 0.717) is 29.6 Å². The highest BCUT2D eigenvalue weighted by Gasteiger charge is 2.81. The lowest BCUT2D eigenvalue weighted by molar-refractivity contribution is -0.382. The number of carbonyl (C=O) groups excluding carboxylic acids is 1. The molecule has 0 aromatic carbocycles. The molecule has 0 radical (unpaired) electrons. The van der Waals surface area contributed by atoms with Crippen molar-refractivity contribution in [1.82, 2.24) is 0 Å². The first-order valence-electron chi connectivity index (χ1n) is 7.29. The van der Waals surface area contributed by atoms with Crippen LogP contribution in [0.3, 0.4) is 0 Å². The molecule has 5 aliphatic rings. The van der Waals surface area contributed by atoms with Gasteiger partial charge in [0.15, 0.2) is 0 Å². The number of hydrogen-bond donors (Lipinski definition) is 1. The van der Waals surface area contributed by atoms with E-state index in [4.69, 9.17) is 4.74 Å². The van der Waals surface area contributed by atoms with E-state index in [-0.39, 0.29) is 17.3 Å². The van der Waals surface area contributed by atoms with Crippen molar-refractivity contribution in [3.63, 3.8) is 0 Å². The Labute approximate surface area is 108 Å². The first-order valence-corrected chi connectivity index (χ1v) is 7.29. The van der Waals surface area contributed by atoms with Crippen LogP contribution in [0.15, 0.2) is 0 Å². The molecule has 3 saturated carbocycles. The number of carbonyl (C=O) groups is 1. The summed E-state index contributed by atoms with van der Waals surface area (Å²) in [6.45, 7) is 6.77. The van der Waals surface area contributed by atoms with Crippen LogP contribution in [-0.4, -0.2) is 16.9 Å². The molecule has 0 aromatic rings. The molecule has 3 aliphatic carbocycles. The van der Waals surface area contributed by atoms with E-state index < -0.39 is 5.79 Å². The summed E-state index contributed by atoms with van der Waals surface area (Å²) in [6, 6.07) is 0. The summed E-state index contributed by atoms with van der Waals surface area (Å²) in [5.74, 6) is 0.150. The summed E-state index contributed by atoms with van der Waals surface area (Å²) >= 11 is 0. The van der Waals surface area contributed by atoms with Crippen LogP contribution in [-0.2, 0) is 9.53 Å². The third kappa shape index (κ3) is 0.910. The Morgan fingerprint density at radius 1 is 1.28 bits per heavy atom. The molecular weight excluding hydrogens is 228 g/mol. The monoisotopic (exact) mass is 250 g/mol. The van der Waals surface area contributed by atoms with E-state index in [1.165, 1.54) is 6.42 Å². The molecule has 5 rings (SSSR count). The molecule has 3 nitrogen and oxygen atoms in total. The lowest BCUT2D eigenvalue weighted by Gasteiger charge is -2.74. The molecule has 2 saturated heterocycles. The number of fused-ring (bicyclic) bond motifs is 1. The maximum absolute atomic E-state index is 12.4. The van der Waals surface area contributed by atoms with Gasteiger partial charge in [0.1, 0.15) is 0 Å². The molecule has 3 heteroatoms. The molecule has 2 heterocycles. The van der Waals surface area contributed by atoms with Crippen molar-refractivity contribution in [3.05, 3.63) is 0 Å². The normalized spacial score (nSPS) is 59.7. The second-order valence-electron chi connectivity index (χ2n) is 7.77. The van der Waals surface area contributed by atoms with E-state index >= 15 is 0 Å². The first-order chi connectivity index (χ1) is 8.33. The Hall–Kier alpha value is -0.570. The van der Waals surface area contributed by atoms with Crippen LogP contribution in [0.4, 0.5) is 0 Å². The number of hydrogen-bond acceptors (Lipinski definition) is 3. The summed E-state index contributed by atoms with van der Waals surface area (Å²) < 4.78 is 5.40. The van der Waals surface area contributed by atoms with Gasteiger partial charge >= 0.3 is 5.97 Å². The maximum atomic E-state index is 12.4. The highest BCUT2D eigenvalue weighted by Crippen LogP contribution is 2.78. The summed E-state index contributed by atoms with van der Waals surface area (Å²) in [4.78, 5) is 12.4. The van der Waals surface area contributed by atoms with Gasteiger partial charge in [0.25, 0.3) is 0 Å². The van der Waals surface area contributed by atoms with Crippen LogP contribution in [0.25, 0.3) is 0 Å². The van der Waals surface area contributed by atoms with Crippen molar-refractivity contribution in [1.29, 1.82) is 0 Å². The lowest BCUT2D eigenvalue weighted by atomic mass is 9.33. The van der Waals surface area contributed by atoms with Crippen molar-refractivity contribution in [3.8, 4) is 0 Å². The third-order valence-electron chi connectivity index (χ3n) is 6.80. The van der Waals surface area contributed by atoms with Gasteiger partial charge in [-0.1, -0.05) is 27.2 Å². The molecule has 2 aliphatic heterocycles. The minimum Gasteiger partial charge on any atom is -0.433 e. The Morgan fingerprint density at radius 2 is 2.00 bits per heavy atom. The lowest BCUT2D eigenvalue weighted by Crippen LogP contribution is -2.78. The number of aliphatic hydroxyl groups is 1. The molecule has 1 N–H and O–H groups in total. The fraction of sp³-hybridized carbons (Fsp3) is 0.933. The number of ether oxygens (including phenoxy) is 1. The Bertz CT molecular complexity index is 443. The largest absolute Gasteiger partial charge is 0.433 e. The predicted octanol–water partition coefficient (Wildman–Crippen LogP) is 2.33. The molecule has 0 amide bonds. The van der Waals surface area contributed by atoms with Crippen LogP contribution in [0, 0.1) is 34.5 Å². The van der Waals surface area contributed by atoms with Gasteiger partial charge in [0.05, 0.1) is 5.41 Å². The van der Waals surface area contributed by atoms with Crippen LogP contribution in [0.1, 0.15) is 46.5 Å². The van der Waals surface area contributed by atoms with Gasteiger partial charge in [0.2, 0.25) is 5.79 Å². The van der Waals surface area contributed by atoms with Crippen molar-refractivity contribution in [2.24, 2.45) is 34.5 Å². The zero-order chi connectivity index (χ0) is 12.9. The maximum Gasteiger partial charge on any atom is 0.315 e. The van der Waals surface area contributed by atoms with Gasteiger partial charge in [-0.3, -0.25) is 4.79 Å². The van der Waals surface area contributed by atoms with Gasteiger partial charge in [-0.2, -0.15) is 0 Å². The van der Waals surface area contributed by atoms with Crippen LogP contribution in [0.5, 0.6) is 0 Å². The minimum absolute atomic E-state index is 0.0988. The van der Waals surface area contributed by atoms with E-state index in [1.807, 2.05) is 0 Å². The topological polar surface area (TPSA) is 46.5 Å². The van der Waals surface area contributed by atoms with Crippen LogP contribution < -0.4 is 0 Å². The van der Waals surface area contributed by atoms with Crippen molar-refractivity contribution in [2.45, 2.75) is 52.2 Å². The van der Waals surface area contributed by atoms with Gasteiger partial charge in [-0.25, -0.2) is 0 Å². The summed E-state index contributed by atoms with van der Waals surface area (Å²) in [7, 11) is 0. The van der Waals surface area contributed by atoms with Crippen molar-refractivity contribution < 1.29 is 14.6 Å². The molecule has 5 bridgehead atoms. The zero-order valence-corrected chi connectivity index (χ0v) is 11.4. The van der Waals surface area contributed by atoms with Gasteiger partial charge in [0, 0.05) is 12.3 Å². The molecular formula is C15H22O3. The fourth-order valence-electron chi connectivity index (χ4n) is 6.03. The van der Waals surface area contributed by atoms with Gasteiger partial charge < -0.3 is 9.84 Å². The smallest absolute Gasteiger partial charge is 0.315 e. The van der Waals surface area contributed by atoms with Gasteiger partial charge in [-0.05, 0) is 36.0 Å². The van der Waals surface area contributed by atoms with Gasteiger partial charge in [-0.15, -0.1) is 0 Å². The van der Waals surface area contributed by atoms with E-state index in [9.17, 15) is 9.90 Å². The minimum atomic E-state index is -1.16. The second kappa shape index (κ2) is 2.79. The quantitative estimate of drug-likeness (QED) is 0.671. The van der Waals surface area contributed by atoms with E-state index in [2.05, 4.69) is 20.8 Å². The molecule has 5 fully saturated rings. The number of rotatable bonds is 0. The first kappa shape index (κ1) is 11.3. The average molecular weight is 250 g/mol.